The molecule has 2 aromatic heterocycles. The van der Waals surface area contributed by atoms with Crippen molar-refractivity contribution < 1.29 is 19.0 Å². The van der Waals surface area contributed by atoms with Gasteiger partial charge in [-0.05, 0) is 36.8 Å². The van der Waals surface area contributed by atoms with Crippen LogP contribution in [0.1, 0.15) is 12.5 Å². The first-order valence-electron chi connectivity index (χ1n) is 8.93. The fourth-order valence-corrected chi connectivity index (χ4v) is 3.77. The predicted octanol–water partition coefficient (Wildman–Crippen LogP) is 3.51. The number of fused-ring (bicyclic) bond motifs is 1. The number of hydrogen-bond donors (Lipinski definition) is 0. The minimum Gasteiger partial charge on any atom is -0.494 e. The smallest absolute Gasteiger partial charge is 0.298 e. The van der Waals surface area contributed by atoms with Crippen LogP contribution in [-0.4, -0.2) is 35.7 Å². The van der Waals surface area contributed by atoms with Crippen LogP contribution in [0.15, 0.2) is 54.7 Å². The highest BCUT2D eigenvalue weighted by Gasteiger charge is 2.26. The summed E-state index contributed by atoms with van der Waals surface area (Å²) in [4.78, 5) is 23.5. The van der Waals surface area contributed by atoms with Gasteiger partial charge in [0.25, 0.3) is 5.91 Å². The molecule has 3 heterocycles. The topological polar surface area (TPSA) is 73.8 Å². The first kappa shape index (κ1) is 18.2. The number of carbonyl (C=O) groups is 1. The summed E-state index contributed by atoms with van der Waals surface area (Å²) in [6, 6.07) is 9.46. The largest absolute Gasteiger partial charge is 0.494 e. The van der Waals surface area contributed by atoms with Crippen LogP contribution in [0.4, 0.5) is 5.13 Å². The van der Waals surface area contributed by atoms with Crippen molar-refractivity contribution in [3.63, 3.8) is 0 Å². The van der Waals surface area contributed by atoms with E-state index in [-0.39, 0.29) is 11.7 Å². The summed E-state index contributed by atoms with van der Waals surface area (Å²) in [6.07, 6.45) is 4.79. The van der Waals surface area contributed by atoms with Gasteiger partial charge in [0.1, 0.15) is 25.2 Å². The highest BCUT2D eigenvalue weighted by molar-refractivity contribution is 7.22. The van der Waals surface area contributed by atoms with E-state index >= 15 is 0 Å². The van der Waals surface area contributed by atoms with Crippen molar-refractivity contribution in [3.05, 3.63) is 60.3 Å². The fraction of sp³-hybridized carbons (Fsp3) is 0.250. The van der Waals surface area contributed by atoms with Gasteiger partial charge in [-0.2, -0.15) is 0 Å². The number of anilines is 1. The van der Waals surface area contributed by atoms with Crippen molar-refractivity contribution in [2.45, 2.75) is 13.5 Å². The monoisotopic (exact) mass is 397 g/mol. The number of rotatable bonds is 6. The third kappa shape index (κ3) is 3.91. The summed E-state index contributed by atoms with van der Waals surface area (Å²) < 4.78 is 17.3. The highest BCUT2D eigenvalue weighted by Crippen LogP contribution is 2.33. The number of pyridine rings is 1. The van der Waals surface area contributed by atoms with Crippen molar-refractivity contribution in [2.24, 2.45) is 0 Å². The molecule has 0 radical (unpaired) electrons. The van der Waals surface area contributed by atoms with Crippen LogP contribution < -0.4 is 9.64 Å². The van der Waals surface area contributed by atoms with Crippen molar-refractivity contribution in [1.29, 1.82) is 0 Å². The van der Waals surface area contributed by atoms with E-state index in [4.69, 9.17) is 14.2 Å². The molecule has 1 aromatic carbocycles. The molecular weight excluding hydrogens is 378 g/mol. The summed E-state index contributed by atoms with van der Waals surface area (Å²) in [5, 5.41) is 0.576. The Bertz CT molecular complexity index is 1000. The molecule has 4 rings (SSSR count). The van der Waals surface area contributed by atoms with Gasteiger partial charge in [0.05, 0.1) is 23.4 Å². The van der Waals surface area contributed by atoms with Gasteiger partial charge in [-0.15, -0.1) is 0 Å². The molecule has 0 saturated carbocycles. The van der Waals surface area contributed by atoms with Gasteiger partial charge in [0, 0.05) is 12.4 Å². The lowest BCUT2D eigenvalue weighted by molar-refractivity contribution is -0.119. The summed E-state index contributed by atoms with van der Waals surface area (Å²) in [7, 11) is 0. The van der Waals surface area contributed by atoms with Crippen LogP contribution in [0, 0.1) is 0 Å². The first-order chi connectivity index (χ1) is 13.7. The third-order valence-electron chi connectivity index (χ3n) is 4.06. The average molecular weight is 397 g/mol. The number of carbonyl (C=O) groups excluding carboxylic acids is 1. The Hall–Kier alpha value is -3.13. The molecule has 8 heteroatoms. The predicted molar refractivity (Wildman–Crippen MR) is 106 cm³/mol. The molecular formula is C20H19N3O4S. The Morgan fingerprint density at radius 1 is 1.32 bits per heavy atom. The molecule has 0 atom stereocenters. The lowest BCUT2D eigenvalue weighted by Crippen LogP contribution is -2.33. The Balaban J connectivity index is 1.70. The Morgan fingerprint density at radius 3 is 3.00 bits per heavy atom. The molecule has 3 aromatic rings. The Morgan fingerprint density at radius 2 is 2.25 bits per heavy atom. The summed E-state index contributed by atoms with van der Waals surface area (Å²) in [6.45, 7) is 3.63. The molecule has 1 aliphatic rings. The Kier molecular flexibility index (Phi) is 5.38. The molecule has 0 aliphatic carbocycles. The molecule has 7 nitrogen and oxygen atoms in total. The molecule has 0 spiro atoms. The SMILES string of the molecule is CCOc1ccc2nc(N(Cc3cccnc3)C(=O)C3=COCCO3)sc2c1. The van der Waals surface area contributed by atoms with Gasteiger partial charge < -0.3 is 14.2 Å². The standard InChI is InChI=1S/C20H19N3O4S/c1-2-26-15-5-6-16-18(10-15)28-20(22-16)23(12-14-4-3-7-21-11-14)19(24)17-13-25-8-9-27-17/h3-7,10-11,13H,2,8-9,12H2,1H3. The molecule has 0 N–H and O–H groups in total. The zero-order chi connectivity index (χ0) is 19.3. The molecule has 28 heavy (non-hydrogen) atoms. The molecule has 0 unspecified atom stereocenters. The lowest BCUT2D eigenvalue weighted by atomic mass is 10.2. The molecule has 0 saturated heterocycles. The third-order valence-corrected chi connectivity index (χ3v) is 5.10. The maximum absolute atomic E-state index is 13.1. The van der Waals surface area contributed by atoms with Crippen LogP contribution in [0.3, 0.4) is 0 Å². The number of hydrogen-bond acceptors (Lipinski definition) is 7. The number of aromatic nitrogens is 2. The van der Waals surface area contributed by atoms with Crippen LogP contribution in [0.2, 0.25) is 0 Å². The molecule has 1 aliphatic heterocycles. The van der Waals surface area contributed by atoms with E-state index in [9.17, 15) is 4.79 Å². The van der Waals surface area contributed by atoms with Crippen molar-refractivity contribution in [2.75, 3.05) is 24.7 Å². The summed E-state index contributed by atoms with van der Waals surface area (Å²) in [5.41, 5.74) is 1.70. The molecule has 1 amide bonds. The van der Waals surface area contributed by atoms with E-state index < -0.39 is 0 Å². The van der Waals surface area contributed by atoms with E-state index in [0.717, 1.165) is 21.5 Å². The van der Waals surface area contributed by atoms with Gasteiger partial charge >= 0.3 is 0 Å². The van der Waals surface area contributed by atoms with Crippen LogP contribution in [-0.2, 0) is 20.8 Å². The fourth-order valence-electron chi connectivity index (χ4n) is 2.78. The van der Waals surface area contributed by atoms with E-state index in [1.807, 2.05) is 37.3 Å². The zero-order valence-corrected chi connectivity index (χ0v) is 16.1. The second-order valence-corrected chi connectivity index (χ2v) is 7.02. The summed E-state index contributed by atoms with van der Waals surface area (Å²) in [5.74, 6) is 0.652. The quantitative estimate of drug-likeness (QED) is 0.634. The first-order valence-corrected chi connectivity index (χ1v) is 9.75. The molecule has 144 valence electrons. The van der Waals surface area contributed by atoms with Crippen LogP contribution in [0.5, 0.6) is 5.75 Å². The number of benzene rings is 1. The van der Waals surface area contributed by atoms with Crippen molar-refractivity contribution >= 4 is 32.6 Å². The number of amides is 1. The van der Waals surface area contributed by atoms with E-state index in [1.54, 1.807) is 17.3 Å². The van der Waals surface area contributed by atoms with E-state index in [0.29, 0.717) is 31.5 Å². The van der Waals surface area contributed by atoms with Crippen molar-refractivity contribution in [3.8, 4) is 5.75 Å². The van der Waals surface area contributed by atoms with E-state index in [1.165, 1.54) is 17.6 Å². The molecule has 0 bridgehead atoms. The lowest BCUT2D eigenvalue weighted by Gasteiger charge is -2.23. The van der Waals surface area contributed by atoms with Gasteiger partial charge in [0.2, 0.25) is 5.76 Å². The molecule has 0 fully saturated rings. The van der Waals surface area contributed by atoms with E-state index in [2.05, 4.69) is 9.97 Å². The zero-order valence-electron chi connectivity index (χ0n) is 15.3. The van der Waals surface area contributed by atoms with Crippen LogP contribution in [0.25, 0.3) is 10.2 Å². The van der Waals surface area contributed by atoms with Gasteiger partial charge in [-0.25, -0.2) is 4.98 Å². The van der Waals surface area contributed by atoms with Gasteiger partial charge in [0.15, 0.2) is 5.13 Å². The second kappa shape index (κ2) is 8.26. The van der Waals surface area contributed by atoms with Crippen LogP contribution >= 0.6 is 11.3 Å². The normalized spacial score (nSPS) is 13.4. The number of ether oxygens (including phenoxy) is 3. The number of nitrogens with zero attached hydrogens (tertiary/aromatic N) is 3. The van der Waals surface area contributed by atoms with Gasteiger partial charge in [-0.3, -0.25) is 14.7 Å². The average Bonchev–Trinajstić information content (AvgIpc) is 3.16. The highest BCUT2D eigenvalue weighted by atomic mass is 32.1. The number of thiazole rings is 1. The Labute approximate surface area is 166 Å². The summed E-state index contributed by atoms with van der Waals surface area (Å²) >= 11 is 1.43. The minimum absolute atomic E-state index is 0.171. The second-order valence-electron chi connectivity index (χ2n) is 6.01. The van der Waals surface area contributed by atoms with Crippen molar-refractivity contribution in [1.82, 2.24) is 9.97 Å². The maximum Gasteiger partial charge on any atom is 0.298 e. The minimum atomic E-state index is -0.298. The van der Waals surface area contributed by atoms with Gasteiger partial charge in [-0.1, -0.05) is 17.4 Å². The maximum atomic E-state index is 13.1.